The number of rotatable bonds is 3. The summed E-state index contributed by atoms with van der Waals surface area (Å²) in [4.78, 5) is 32.6. The normalized spacial score (nSPS) is 21.3. The lowest BCUT2D eigenvalue weighted by molar-refractivity contribution is -0.125. The van der Waals surface area contributed by atoms with Crippen molar-refractivity contribution in [2.24, 2.45) is 0 Å². The van der Waals surface area contributed by atoms with Gasteiger partial charge in [0, 0.05) is 6.20 Å². The van der Waals surface area contributed by atoms with E-state index in [2.05, 4.69) is 15.3 Å². The fourth-order valence-electron chi connectivity index (χ4n) is 2.56. The molecule has 2 N–H and O–H groups in total. The van der Waals surface area contributed by atoms with Crippen LogP contribution < -0.4 is 10.9 Å². The van der Waals surface area contributed by atoms with Crippen LogP contribution >= 0.6 is 12.4 Å². The van der Waals surface area contributed by atoms with Crippen LogP contribution in [-0.4, -0.2) is 44.1 Å². The highest BCUT2D eigenvalue weighted by Gasteiger charge is 2.29. The molecule has 1 fully saturated rings. The highest BCUT2D eigenvalue weighted by atomic mass is 35.5. The van der Waals surface area contributed by atoms with Gasteiger partial charge in [-0.05, 0) is 31.5 Å². The summed E-state index contributed by atoms with van der Waals surface area (Å²) >= 11 is 0. The zero-order chi connectivity index (χ0) is 14.8. The molecule has 3 heterocycles. The van der Waals surface area contributed by atoms with Crippen molar-refractivity contribution in [3.63, 3.8) is 0 Å². The maximum Gasteiger partial charge on any atom is 0.280 e. The summed E-state index contributed by atoms with van der Waals surface area (Å²) in [5, 5.41) is 12.9. The molecule has 8 heteroatoms. The summed E-state index contributed by atoms with van der Waals surface area (Å²) in [7, 11) is 0. The van der Waals surface area contributed by atoms with Gasteiger partial charge in [-0.2, -0.15) is 0 Å². The second-order valence-electron chi connectivity index (χ2n) is 5.16. The van der Waals surface area contributed by atoms with Crippen molar-refractivity contribution in [3.8, 4) is 0 Å². The van der Waals surface area contributed by atoms with E-state index in [9.17, 15) is 14.7 Å². The van der Waals surface area contributed by atoms with E-state index >= 15 is 0 Å². The third-order valence-electron chi connectivity index (χ3n) is 3.68. The summed E-state index contributed by atoms with van der Waals surface area (Å²) in [6.07, 6.45) is 3.60. The number of aliphatic hydroxyl groups excluding tert-OH is 1. The number of carbonyl (C=O) groups excluding carboxylic acids is 1. The van der Waals surface area contributed by atoms with Crippen LogP contribution in [0.3, 0.4) is 0 Å². The van der Waals surface area contributed by atoms with Gasteiger partial charge < -0.3 is 10.4 Å². The van der Waals surface area contributed by atoms with Crippen LogP contribution in [0.25, 0.3) is 11.0 Å². The number of halogens is 1. The molecule has 0 radical (unpaired) electrons. The zero-order valence-electron chi connectivity index (χ0n) is 11.8. The Kier molecular flexibility index (Phi) is 5.23. The third-order valence-corrected chi connectivity index (χ3v) is 3.68. The highest BCUT2D eigenvalue weighted by Crippen LogP contribution is 2.10. The highest BCUT2D eigenvalue weighted by molar-refractivity contribution is 5.85. The standard InChI is InChI=1S/C14H16N4O3.ClH/c19-10-4-2-6-16-13(10)11(20)7-18-8-17-9-3-1-5-15-12(9)14(18)21;/h1,3,5,8,10,13,16,19H,2,4,6-7H2;1H/t10-,13-;/m0./s1. The van der Waals surface area contributed by atoms with Crippen LogP contribution in [0.15, 0.2) is 29.5 Å². The minimum Gasteiger partial charge on any atom is -0.391 e. The van der Waals surface area contributed by atoms with Gasteiger partial charge in [0.15, 0.2) is 11.3 Å². The van der Waals surface area contributed by atoms with Crippen molar-refractivity contribution in [2.75, 3.05) is 6.54 Å². The molecule has 0 saturated carbocycles. The molecule has 118 valence electrons. The smallest absolute Gasteiger partial charge is 0.280 e. The van der Waals surface area contributed by atoms with Gasteiger partial charge in [0.2, 0.25) is 0 Å². The van der Waals surface area contributed by atoms with E-state index in [4.69, 9.17) is 0 Å². The van der Waals surface area contributed by atoms with Crippen molar-refractivity contribution in [1.29, 1.82) is 0 Å². The number of Topliss-reactive ketones (excluding diaryl/α,β-unsaturated/α-hetero) is 1. The molecule has 0 amide bonds. The summed E-state index contributed by atoms with van der Waals surface area (Å²) in [5.74, 6) is -0.221. The Morgan fingerprint density at radius 2 is 2.27 bits per heavy atom. The van der Waals surface area contributed by atoms with Crippen molar-refractivity contribution >= 4 is 29.2 Å². The first-order valence-electron chi connectivity index (χ1n) is 6.91. The minimum absolute atomic E-state index is 0. The molecule has 0 unspecified atom stereocenters. The fraction of sp³-hybridized carbons (Fsp3) is 0.429. The molecule has 0 aromatic carbocycles. The Hall–Kier alpha value is -1.83. The first-order valence-corrected chi connectivity index (χ1v) is 6.91. The van der Waals surface area contributed by atoms with E-state index < -0.39 is 12.1 Å². The lowest BCUT2D eigenvalue weighted by Gasteiger charge is -2.27. The zero-order valence-corrected chi connectivity index (χ0v) is 12.6. The molecular formula is C14H17ClN4O3. The number of nitrogens with one attached hydrogen (secondary N) is 1. The average molecular weight is 325 g/mol. The second-order valence-corrected chi connectivity index (χ2v) is 5.16. The van der Waals surface area contributed by atoms with Crippen molar-refractivity contribution in [1.82, 2.24) is 19.9 Å². The predicted molar refractivity (Wildman–Crippen MR) is 83.1 cm³/mol. The van der Waals surface area contributed by atoms with E-state index in [0.29, 0.717) is 18.5 Å². The average Bonchev–Trinajstić information content (AvgIpc) is 2.51. The van der Waals surface area contributed by atoms with E-state index in [-0.39, 0.29) is 35.8 Å². The van der Waals surface area contributed by atoms with E-state index in [1.165, 1.54) is 17.1 Å². The number of piperidine rings is 1. The monoisotopic (exact) mass is 324 g/mol. The quantitative estimate of drug-likeness (QED) is 0.818. The van der Waals surface area contributed by atoms with Crippen molar-refractivity contribution < 1.29 is 9.90 Å². The maximum atomic E-state index is 12.3. The number of aromatic nitrogens is 3. The molecule has 7 nitrogen and oxygen atoms in total. The van der Waals surface area contributed by atoms with Crippen LogP contribution in [0.2, 0.25) is 0 Å². The molecule has 1 saturated heterocycles. The molecule has 0 aliphatic carbocycles. The lowest BCUT2D eigenvalue weighted by Crippen LogP contribution is -2.51. The van der Waals surface area contributed by atoms with Gasteiger partial charge >= 0.3 is 0 Å². The molecule has 3 rings (SSSR count). The summed E-state index contributed by atoms with van der Waals surface area (Å²) in [6.45, 7) is 0.576. The Bertz CT molecular complexity index is 733. The molecular weight excluding hydrogens is 308 g/mol. The van der Waals surface area contributed by atoms with Gasteiger partial charge in [0.25, 0.3) is 5.56 Å². The van der Waals surface area contributed by atoms with Gasteiger partial charge in [-0.15, -0.1) is 12.4 Å². The largest absolute Gasteiger partial charge is 0.391 e. The Labute approximate surface area is 132 Å². The summed E-state index contributed by atoms with van der Waals surface area (Å²) < 4.78 is 1.24. The van der Waals surface area contributed by atoms with Crippen LogP contribution in [0.1, 0.15) is 12.8 Å². The number of fused-ring (bicyclic) bond motifs is 1. The van der Waals surface area contributed by atoms with Crippen LogP contribution in [0.4, 0.5) is 0 Å². The molecule has 2 aromatic rings. The second kappa shape index (κ2) is 6.95. The molecule has 2 atom stereocenters. The third kappa shape index (κ3) is 3.16. The van der Waals surface area contributed by atoms with Gasteiger partial charge in [-0.3, -0.25) is 14.2 Å². The molecule has 1 aliphatic rings. The predicted octanol–water partition coefficient (Wildman–Crippen LogP) is -0.105. The van der Waals surface area contributed by atoms with Gasteiger partial charge in [-0.1, -0.05) is 0 Å². The Morgan fingerprint density at radius 1 is 1.45 bits per heavy atom. The maximum absolute atomic E-state index is 12.3. The summed E-state index contributed by atoms with van der Waals surface area (Å²) in [6, 6.07) is 2.78. The summed E-state index contributed by atoms with van der Waals surface area (Å²) in [5.41, 5.74) is 0.395. The minimum atomic E-state index is -0.700. The van der Waals surface area contributed by atoms with Gasteiger partial charge in [0.1, 0.15) is 0 Å². The Morgan fingerprint density at radius 3 is 3.05 bits per heavy atom. The fourth-order valence-corrected chi connectivity index (χ4v) is 2.56. The first kappa shape index (κ1) is 16.5. The van der Waals surface area contributed by atoms with Crippen LogP contribution in [0, 0.1) is 0 Å². The number of ketones is 1. The van der Waals surface area contributed by atoms with Crippen LogP contribution in [-0.2, 0) is 11.3 Å². The van der Waals surface area contributed by atoms with E-state index in [1.807, 2.05) is 0 Å². The van der Waals surface area contributed by atoms with E-state index in [0.717, 1.165) is 6.42 Å². The van der Waals surface area contributed by atoms with Crippen LogP contribution in [0.5, 0.6) is 0 Å². The number of pyridine rings is 1. The number of carbonyl (C=O) groups is 1. The lowest BCUT2D eigenvalue weighted by atomic mass is 9.98. The first-order chi connectivity index (χ1) is 10.2. The Balaban J connectivity index is 0.00000176. The SMILES string of the molecule is Cl.O=C(Cn1cnc2cccnc2c1=O)[C@H]1NCCC[C@@H]1O. The molecule has 2 aromatic heterocycles. The molecule has 22 heavy (non-hydrogen) atoms. The number of aliphatic hydroxyl groups is 1. The molecule has 1 aliphatic heterocycles. The van der Waals surface area contributed by atoms with Crippen molar-refractivity contribution in [2.45, 2.75) is 31.5 Å². The number of hydrogen-bond donors (Lipinski definition) is 2. The van der Waals surface area contributed by atoms with Gasteiger partial charge in [0.05, 0.1) is 30.5 Å². The van der Waals surface area contributed by atoms with E-state index in [1.54, 1.807) is 12.1 Å². The number of hydrogen-bond acceptors (Lipinski definition) is 6. The molecule has 0 bridgehead atoms. The number of nitrogens with zero attached hydrogens (tertiary/aromatic N) is 3. The topological polar surface area (TPSA) is 97.1 Å². The molecule has 0 spiro atoms. The van der Waals surface area contributed by atoms with Crippen molar-refractivity contribution in [3.05, 3.63) is 35.0 Å². The van der Waals surface area contributed by atoms with Gasteiger partial charge in [-0.25, -0.2) is 9.97 Å².